The summed E-state index contributed by atoms with van der Waals surface area (Å²) in [5.74, 6) is 0.861. The van der Waals surface area contributed by atoms with Gasteiger partial charge < -0.3 is 15.2 Å². The van der Waals surface area contributed by atoms with Crippen molar-refractivity contribution >= 4 is 11.8 Å². The number of aromatic nitrogens is 1. The van der Waals surface area contributed by atoms with Crippen LogP contribution >= 0.6 is 0 Å². The molecular weight excluding hydrogens is 328 g/mol. The van der Waals surface area contributed by atoms with Gasteiger partial charge in [0.15, 0.2) is 0 Å². The van der Waals surface area contributed by atoms with Crippen LogP contribution in [0.2, 0.25) is 0 Å². The maximum absolute atomic E-state index is 11.0. The molecule has 0 bridgehead atoms. The Hall–Kier alpha value is -2.82. The second-order valence-corrected chi connectivity index (χ2v) is 6.59. The normalized spacial score (nSPS) is 12.8. The van der Waals surface area contributed by atoms with Gasteiger partial charge in [0.2, 0.25) is 0 Å². The third-order valence-electron chi connectivity index (χ3n) is 4.14. The van der Waals surface area contributed by atoms with Crippen molar-refractivity contribution in [2.45, 2.75) is 26.2 Å². The lowest BCUT2D eigenvalue weighted by molar-refractivity contribution is -0.138. The number of aliphatic carboxylic acids is 1. The predicted molar refractivity (Wildman–Crippen MR) is 104 cm³/mol. The van der Waals surface area contributed by atoms with Crippen LogP contribution in [0.15, 0.2) is 61.3 Å². The minimum atomic E-state index is -0.813. The maximum atomic E-state index is 11.0. The van der Waals surface area contributed by atoms with Gasteiger partial charge in [0.1, 0.15) is 11.6 Å². The Morgan fingerprint density at radius 1 is 1.31 bits per heavy atom. The molecule has 0 fully saturated rings. The van der Waals surface area contributed by atoms with Crippen LogP contribution in [0.1, 0.15) is 25.3 Å². The highest BCUT2D eigenvalue weighted by atomic mass is 16.5. The van der Waals surface area contributed by atoms with Crippen LogP contribution in [0.3, 0.4) is 0 Å². The summed E-state index contributed by atoms with van der Waals surface area (Å²) in [6, 6.07) is 13.6. The van der Waals surface area contributed by atoms with Gasteiger partial charge in [-0.25, -0.2) is 4.98 Å². The molecule has 26 heavy (non-hydrogen) atoms. The molecular formula is C21H26N2O3. The fraction of sp³-hybridized carbons (Fsp3) is 0.333. The van der Waals surface area contributed by atoms with Crippen LogP contribution in [-0.2, 0) is 11.2 Å². The standard InChI is InChI=1S/C21H26N2O3/c1-3-21(2,16-20(24)25)15-17-8-10-18(11-9-17)26-14-6-13-23-19-7-4-5-12-22-19/h3-5,7-12H,1,6,13-16H2,2H3,(H,22,23)(H,24,25). The topological polar surface area (TPSA) is 71.5 Å². The fourth-order valence-electron chi connectivity index (χ4n) is 2.67. The summed E-state index contributed by atoms with van der Waals surface area (Å²) in [7, 11) is 0. The second kappa shape index (κ2) is 9.61. The second-order valence-electron chi connectivity index (χ2n) is 6.59. The van der Waals surface area contributed by atoms with Gasteiger partial charge in [-0.05, 0) is 48.1 Å². The highest BCUT2D eigenvalue weighted by Gasteiger charge is 2.24. The lowest BCUT2D eigenvalue weighted by atomic mass is 9.81. The number of pyridine rings is 1. The van der Waals surface area contributed by atoms with Crippen molar-refractivity contribution in [2.75, 3.05) is 18.5 Å². The molecule has 0 aliphatic carbocycles. The quantitative estimate of drug-likeness (QED) is 0.468. The van der Waals surface area contributed by atoms with Gasteiger partial charge in [-0.15, -0.1) is 6.58 Å². The summed E-state index contributed by atoms with van der Waals surface area (Å²) >= 11 is 0. The first kappa shape index (κ1) is 19.5. The number of carbonyl (C=O) groups is 1. The summed E-state index contributed by atoms with van der Waals surface area (Å²) in [6.45, 7) is 7.10. The molecule has 5 nitrogen and oxygen atoms in total. The van der Waals surface area contributed by atoms with E-state index in [1.807, 2.05) is 49.4 Å². The number of carboxylic acids is 1. The van der Waals surface area contributed by atoms with Gasteiger partial charge in [-0.3, -0.25) is 4.79 Å². The SMILES string of the molecule is C=CC(C)(CC(=O)O)Cc1ccc(OCCCNc2ccccn2)cc1. The molecule has 1 unspecified atom stereocenters. The number of rotatable bonds is 11. The summed E-state index contributed by atoms with van der Waals surface area (Å²) in [6.07, 6.45) is 5.05. The van der Waals surface area contributed by atoms with Crippen molar-refractivity contribution in [3.05, 3.63) is 66.9 Å². The zero-order chi connectivity index (χ0) is 18.8. The van der Waals surface area contributed by atoms with Gasteiger partial charge in [0.25, 0.3) is 0 Å². The minimum absolute atomic E-state index is 0.0675. The van der Waals surface area contributed by atoms with Gasteiger partial charge in [-0.1, -0.05) is 31.2 Å². The Kier molecular flexibility index (Phi) is 7.21. The van der Waals surface area contributed by atoms with Gasteiger partial charge >= 0.3 is 5.97 Å². The number of carboxylic acid groups (broad SMARTS) is 1. The van der Waals surface area contributed by atoms with Crippen molar-refractivity contribution in [3.8, 4) is 5.75 Å². The van der Waals surface area contributed by atoms with E-state index in [4.69, 9.17) is 9.84 Å². The molecule has 0 amide bonds. The Balaban J connectivity index is 1.74. The molecule has 0 aliphatic rings. The van der Waals surface area contributed by atoms with Gasteiger partial charge in [-0.2, -0.15) is 0 Å². The summed E-state index contributed by atoms with van der Waals surface area (Å²) in [5.41, 5.74) is 0.614. The third-order valence-corrected chi connectivity index (χ3v) is 4.14. The van der Waals surface area contributed by atoms with Crippen LogP contribution in [0.25, 0.3) is 0 Å². The molecule has 1 aromatic carbocycles. The average Bonchev–Trinajstić information content (AvgIpc) is 2.63. The van der Waals surface area contributed by atoms with E-state index in [-0.39, 0.29) is 6.42 Å². The molecule has 0 saturated heterocycles. The predicted octanol–water partition coefficient (Wildman–Crippen LogP) is 4.17. The maximum Gasteiger partial charge on any atom is 0.304 e. The lowest BCUT2D eigenvalue weighted by Gasteiger charge is -2.23. The lowest BCUT2D eigenvalue weighted by Crippen LogP contribution is -2.20. The van der Waals surface area contributed by atoms with E-state index >= 15 is 0 Å². The molecule has 0 radical (unpaired) electrons. The number of nitrogens with one attached hydrogen (secondary N) is 1. The molecule has 2 rings (SSSR count). The number of allylic oxidation sites excluding steroid dienone is 1. The van der Waals surface area contributed by atoms with Gasteiger partial charge in [0.05, 0.1) is 13.0 Å². The molecule has 0 spiro atoms. The fourth-order valence-corrected chi connectivity index (χ4v) is 2.67. The Bertz CT molecular complexity index is 701. The van der Waals surface area contributed by atoms with E-state index in [2.05, 4.69) is 16.9 Å². The molecule has 5 heteroatoms. The number of anilines is 1. The zero-order valence-electron chi connectivity index (χ0n) is 15.1. The van der Waals surface area contributed by atoms with E-state index in [0.29, 0.717) is 13.0 Å². The minimum Gasteiger partial charge on any atom is -0.494 e. The van der Waals surface area contributed by atoms with Crippen LogP contribution in [0.5, 0.6) is 5.75 Å². The number of nitrogens with zero attached hydrogens (tertiary/aromatic N) is 1. The Morgan fingerprint density at radius 3 is 2.69 bits per heavy atom. The summed E-state index contributed by atoms with van der Waals surface area (Å²) in [5, 5.41) is 12.3. The summed E-state index contributed by atoms with van der Waals surface area (Å²) in [4.78, 5) is 15.2. The number of ether oxygens (including phenoxy) is 1. The van der Waals surface area contributed by atoms with E-state index in [9.17, 15) is 4.79 Å². The molecule has 138 valence electrons. The molecule has 0 saturated carbocycles. The first-order chi connectivity index (χ1) is 12.5. The van der Waals surface area contributed by atoms with Crippen molar-refractivity contribution in [2.24, 2.45) is 5.41 Å². The Morgan fingerprint density at radius 2 is 2.08 bits per heavy atom. The third kappa shape index (κ3) is 6.59. The van der Waals surface area contributed by atoms with Crippen molar-refractivity contribution in [1.82, 2.24) is 4.98 Å². The monoisotopic (exact) mass is 354 g/mol. The van der Waals surface area contributed by atoms with Crippen LogP contribution in [0, 0.1) is 5.41 Å². The number of benzene rings is 1. The summed E-state index contributed by atoms with van der Waals surface area (Å²) < 4.78 is 5.75. The van der Waals surface area contributed by atoms with E-state index in [1.54, 1.807) is 12.3 Å². The molecule has 1 atom stereocenters. The first-order valence-corrected chi connectivity index (χ1v) is 8.73. The van der Waals surface area contributed by atoms with Crippen molar-refractivity contribution in [1.29, 1.82) is 0 Å². The van der Waals surface area contributed by atoms with E-state index in [1.165, 1.54) is 0 Å². The molecule has 1 heterocycles. The molecule has 1 aromatic heterocycles. The number of hydrogen-bond acceptors (Lipinski definition) is 4. The highest BCUT2D eigenvalue weighted by Crippen LogP contribution is 2.28. The highest BCUT2D eigenvalue weighted by molar-refractivity contribution is 5.68. The molecule has 2 aromatic rings. The van der Waals surface area contributed by atoms with Gasteiger partial charge in [0, 0.05) is 12.7 Å². The van der Waals surface area contributed by atoms with E-state index < -0.39 is 11.4 Å². The van der Waals surface area contributed by atoms with Crippen molar-refractivity contribution < 1.29 is 14.6 Å². The molecule has 2 N–H and O–H groups in total. The smallest absolute Gasteiger partial charge is 0.304 e. The van der Waals surface area contributed by atoms with Crippen LogP contribution < -0.4 is 10.1 Å². The molecule has 0 aliphatic heterocycles. The first-order valence-electron chi connectivity index (χ1n) is 8.73. The van der Waals surface area contributed by atoms with E-state index in [0.717, 1.165) is 30.1 Å². The van der Waals surface area contributed by atoms with Crippen LogP contribution in [0.4, 0.5) is 5.82 Å². The Labute approximate surface area is 154 Å². The largest absolute Gasteiger partial charge is 0.494 e. The van der Waals surface area contributed by atoms with Crippen LogP contribution in [-0.4, -0.2) is 29.2 Å². The zero-order valence-corrected chi connectivity index (χ0v) is 15.1. The van der Waals surface area contributed by atoms with Crippen molar-refractivity contribution in [3.63, 3.8) is 0 Å². The average molecular weight is 354 g/mol. The number of hydrogen-bond donors (Lipinski definition) is 2.